The van der Waals surface area contributed by atoms with Crippen LogP contribution in [0, 0.1) is 5.82 Å². The van der Waals surface area contributed by atoms with E-state index in [1.165, 1.54) is 30.6 Å². The molecule has 0 aliphatic carbocycles. The Morgan fingerprint density at radius 3 is 2.62 bits per heavy atom. The zero-order valence-corrected chi connectivity index (χ0v) is 26.0. The van der Waals surface area contributed by atoms with Crippen molar-refractivity contribution < 1.29 is 28.6 Å². The molecule has 45 heavy (non-hydrogen) atoms. The van der Waals surface area contributed by atoms with Crippen molar-refractivity contribution in [2.75, 3.05) is 38.2 Å². The van der Waals surface area contributed by atoms with E-state index in [-0.39, 0.29) is 42.8 Å². The van der Waals surface area contributed by atoms with Gasteiger partial charge in [0.1, 0.15) is 17.9 Å². The number of urea groups is 1. The summed E-state index contributed by atoms with van der Waals surface area (Å²) in [6, 6.07) is 8.56. The van der Waals surface area contributed by atoms with Crippen LogP contribution in [-0.4, -0.2) is 89.1 Å². The molecule has 2 saturated heterocycles. The number of carboxylic acids is 1. The van der Waals surface area contributed by atoms with Gasteiger partial charge in [0.2, 0.25) is 0 Å². The van der Waals surface area contributed by atoms with Crippen LogP contribution in [0.3, 0.4) is 0 Å². The van der Waals surface area contributed by atoms with Gasteiger partial charge in [-0.25, -0.2) is 19.0 Å². The number of hydrogen-bond acceptors (Lipinski definition) is 9. The summed E-state index contributed by atoms with van der Waals surface area (Å²) in [5.41, 5.74) is 2.67. The lowest BCUT2D eigenvalue weighted by Gasteiger charge is -2.42. The van der Waals surface area contributed by atoms with Crippen LogP contribution in [-0.2, 0) is 20.7 Å². The average molecular weight is 653 g/mol. The fraction of sp³-hybridized carbons (Fsp3) is 0.323. The maximum atomic E-state index is 14.0. The number of amides is 2. The number of hydrogen-bond donors (Lipinski definition) is 2. The smallest absolute Gasteiger partial charge is 0.338 e. The number of rotatable bonds is 8. The molecule has 3 aromatic rings. The number of aliphatic carboxylic acids is 1. The Labute approximate surface area is 267 Å². The molecule has 0 bridgehead atoms. The van der Waals surface area contributed by atoms with Crippen LogP contribution in [0.25, 0.3) is 0 Å². The first-order chi connectivity index (χ1) is 21.7. The number of aryl methyl sites for hydroxylation is 1. The Hall–Kier alpha value is -4.33. The molecule has 2 fully saturated rings. The second-order valence-corrected chi connectivity index (χ2v) is 12.1. The number of aliphatic imine (C=N–C) groups is 1. The molecule has 3 aliphatic heterocycles. The lowest BCUT2D eigenvalue weighted by atomic mass is 9.94. The minimum absolute atomic E-state index is 0.00909. The van der Waals surface area contributed by atoms with Gasteiger partial charge in [-0.05, 0) is 36.2 Å². The van der Waals surface area contributed by atoms with Crippen molar-refractivity contribution in [3.05, 3.63) is 92.3 Å². The summed E-state index contributed by atoms with van der Waals surface area (Å²) in [4.78, 5) is 53.7. The molecule has 0 radical (unpaired) electrons. The van der Waals surface area contributed by atoms with Crippen molar-refractivity contribution in [2.24, 2.45) is 4.99 Å². The number of nitrogens with one attached hydrogen (secondary N) is 1. The van der Waals surface area contributed by atoms with E-state index in [1.807, 2.05) is 31.2 Å². The van der Waals surface area contributed by atoms with E-state index >= 15 is 0 Å². The number of amidine groups is 1. The van der Waals surface area contributed by atoms with E-state index in [4.69, 9.17) is 21.3 Å². The standard InChI is InChI=1S/C31H30ClFN6O5S/c1-3-17-4-7-19(8-5-17)39-16-23-26(29(40)41)37(11-12-38(23)31(39)43)15-22-24(30(42)44-2)25(20-9-6-18(33)14-21(20)32)36-27(35-22)28-34-10-13-45-28/h4-10,13-14,23,25-26H,3,11-12,15-16H2,1-2H3,(H,35,36)(H,40,41)/t23-,25+,26+/m1/s1. The normalized spacial score (nSPS) is 21.8. The number of fused-ring (bicyclic) bond motifs is 1. The summed E-state index contributed by atoms with van der Waals surface area (Å²) < 4.78 is 19.2. The highest BCUT2D eigenvalue weighted by atomic mass is 35.5. The van der Waals surface area contributed by atoms with E-state index in [0.29, 0.717) is 27.8 Å². The second-order valence-electron chi connectivity index (χ2n) is 10.8. The highest BCUT2D eigenvalue weighted by Crippen LogP contribution is 2.38. The number of carbonyl (C=O) groups excluding carboxylic acids is 2. The topological polar surface area (TPSA) is 128 Å². The molecule has 0 unspecified atom stereocenters. The van der Waals surface area contributed by atoms with E-state index in [0.717, 1.165) is 18.1 Å². The molecule has 3 atom stereocenters. The molecule has 4 heterocycles. The quantitative estimate of drug-likeness (QED) is 0.349. The fourth-order valence-corrected chi connectivity index (χ4v) is 6.97. The Bertz CT molecular complexity index is 1700. The molecule has 6 rings (SSSR count). The van der Waals surface area contributed by atoms with E-state index < -0.39 is 35.9 Å². The molecule has 1 aromatic heterocycles. The number of halogens is 2. The number of methoxy groups -OCH3 is 1. The third-order valence-electron chi connectivity index (χ3n) is 8.33. The predicted octanol–water partition coefficient (Wildman–Crippen LogP) is 4.10. The van der Waals surface area contributed by atoms with Gasteiger partial charge in [-0.15, -0.1) is 11.3 Å². The summed E-state index contributed by atoms with van der Waals surface area (Å²) in [5.74, 6) is -1.99. The van der Waals surface area contributed by atoms with Gasteiger partial charge in [-0.3, -0.25) is 19.6 Å². The molecular weight excluding hydrogens is 623 g/mol. The van der Waals surface area contributed by atoms with Crippen LogP contribution < -0.4 is 10.2 Å². The molecule has 2 aromatic carbocycles. The van der Waals surface area contributed by atoms with E-state index in [2.05, 4.69) is 10.3 Å². The number of piperazine rings is 1. The van der Waals surface area contributed by atoms with Gasteiger partial charge in [0.05, 0.1) is 25.3 Å². The van der Waals surface area contributed by atoms with Crippen LogP contribution in [0.1, 0.15) is 29.1 Å². The molecular formula is C31H30ClFN6O5S. The number of nitrogens with zero attached hydrogens (tertiary/aromatic N) is 5. The predicted molar refractivity (Wildman–Crippen MR) is 167 cm³/mol. The largest absolute Gasteiger partial charge is 0.480 e. The van der Waals surface area contributed by atoms with Gasteiger partial charge in [-0.1, -0.05) is 36.7 Å². The zero-order valence-electron chi connectivity index (χ0n) is 24.4. The Morgan fingerprint density at radius 1 is 1.20 bits per heavy atom. The Morgan fingerprint density at radius 2 is 1.98 bits per heavy atom. The van der Waals surface area contributed by atoms with E-state index in [1.54, 1.807) is 26.3 Å². The minimum atomic E-state index is -1.09. The molecule has 0 spiro atoms. The van der Waals surface area contributed by atoms with Crippen LogP contribution in [0.15, 0.2) is 70.3 Å². The second kappa shape index (κ2) is 12.6. The number of benzene rings is 2. The highest BCUT2D eigenvalue weighted by Gasteiger charge is 2.50. The molecule has 14 heteroatoms. The van der Waals surface area contributed by atoms with Crippen molar-refractivity contribution in [3.63, 3.8) is 0 Å². The van der Waals surface area contributed by atoms with Crippen molar-refractivity contribution in [2.45, 2.75) is 31.5 Å². The molecule has 2 N–H and O–H groups in total. The highest BCUT2D eigenvalue weighted by molar-refractivity contribution is 7.11. The molecule has 2 amide bonds. The van der Waals surface area contributed by atoms with Gasteiger partial charge in [0, 0.05) is 53.2 Å². The van der Waals surface area contributed by atoms with Gasteiger partial charge in [0.15, 0.2) is 10.8 Å². The van der Waals surface area contributed by atoms with Gasteiger partial charge >= 0.3 is 18.0 Å². The first kappa shape index (κ1) is 30.7. The van der Waals surface area contributed by atoms with Crippen LogP contribution in [0.4, 0.5) is 14.9 Å². The van der Waals surface area contributed by atoms with Crippen molar-refractivity contribution in [3.8, 4) is 0 Å². The van der Waals surface area contributed by atoms with E-state index in [9.17, 15) is 23.9 Å². The number of aromatic nitrogens is 1. The fourth-order valence-electron chi connectivity index (χ4n) is 6.11. The van der Waals surface area contributed by atoms with Crippen LogP contribution in [0.2, 0.25) is 5.02 Å². The number of anilines is 1. The number of ether oxygens (including phenoxy) is 1. The lowest BCUT2D eigenvalue weighted by molar-refractivity contribution is -0.146. The summed E-state index contributed by atoms with van der Waals surface area (Å²) in [6.07, 6.45) is 2.47. The van der Waals surface area contributed by atoms with Crippen LogP contribution in [0.5, 0.6) is 0 Å². The average Bonchev–Trinajstić information content (AvgIpc) is 3.69. The van der Waals surface area contributed by atoms with Gasteiger partial charge < -0.3 is 20.1 Å². The van der Waals surface area contributed by atoms with Crippen molar-refractivity contribution >= 4 is 52.4 Å². The summed E-state index contributed by atoms with van der Waals surface area (Å²) in [5, 5.41) is 16.1. The minimum Gasteiger partial charge on any atom is -0.480 e. The summed E-state index contributed by atoms with van der Waals surface area (Å²) in [7, 11) is 1.24. The third kappa shape index (κ3) is 5.78. The first-order valence-corrected chi connectivity index (χ1v) is 15.6. The number of carbonyl (C=O) groups is 3. The Kier molecular flexibility index (Phi) is 8.58. The van der Waals surface area contributed by atoms with Gasteiger partial charge in [0.25, 0.3) is 0 Å². The van der Waals surface area contributed by atoms with Gasteiger partial charge in [-0.2, -0.15) is 0 Å². The maximum absolute atomic E-state index is 14.0. The molecule has 3 aliphatic rings. The number of carboxylic acid groups (broad SMARTS) is 1. The van der Waals surface area contributed by atoms with Crippen LogP contribution >= 0.6 is 22.9 Å². The summed E-state index contributed by atoms with van der Waals surface area (Å²) in [6.45, 7) is 2.75. The number of thiazole rings is 1. The maximum Gasteiger partial charge on any atom is 0.338 e. The zero-order chi connectivity index (χ0) is 31.8. The third-order valence-corrected chi connectivity index (χ3v) is 9.43. The SMILES string of the molecule is CCc1ccc(N2C[C@@H]3[C@@H](C(=O)O)N(CC4=C(C(=O)OC)[C@H](c5ccc(F)cc5Cl)N=C(c5nccs5)N4)CCN3C2=O)cc1. The summed E-state index contributed by atoms with van der Waals surface area (Å²) >= 11 is 7.78. The Balaban J connectivity index is 1.37. The lowest BCUT2D eigenvalue weighted by Crippen LogP contribution is -2.62. The molecule has 0 saturated carbocycles. The number of esters is 1. The monoisotopic (exact) mass is 652 g/mol. The molecule has 234 valence electrons. The van der Waals surface area contributed by atoms with Crippen molar-refractivity contribution in [1.82, 2.24) is 20.1 Å². The first-order valence-electron chi connectivity index (χ1n) is 14.3. The molecule has 11 nitrogen and oxygen atoms in total. The van der Waals surface area contributed by atoms with Crippen molar-refractivity contribution in [1.29, 1.82) is 0 Å².